The lowest BCUT2D eigenvalue weighted by atomic mass is 10.1. The van der Waals surface area contributed by atoms with Crippen molar-refractivity contribution in [2.24, 2.45) is 0 Å². The van der Waals surface area contributed by atoms with E-state index in [0.717, 1.165) is 10.8 Å². The molecule has 1 N–H and O–H groups in total. The summed E-state index contributed by atoms with van der Waals surface area (Å²) < 4.78 is 30.0. The van der Waals surface area contributed by atoms with Gasteiger partial charge in [0.25, 0.3) is 5.91 Å². The van der Waals surface area contributed by atoms with Crippen molar-refractivity contribution in [1.82, 2.24) is 0 Å². The molecular weight excluding hydrogens is 416 g/mol. The van der Waals surface area contributed by atoms with Gasteiger partial charge in [-0.1, -0.05) is 41.9 Å². The van der Waals surface area contributed by atoms with E-state index < -0.39 is 12.5 Å². The van der Waals surface area contributed by atoms with E-state index in [9.17, 15) is 13.6 Å². The zero-order valence-electron chi connectivity index (χ0n) is 12.6. The molecule has 3 nitrogen and oxygen atoms in total. The Hall–Kier alpha value is -2.18. The molecule has 0 aliphatic carbocycles. The van der Waals surface area contributed by atoms with E-state index >= 15 is 0 Å². The summed E-state index contributed by atoms with van der Waals surface area (Å²) in [6, 6.07) is 15.5. The first kappa shape index (κ1) is 17.6. The van der Waals surface area contributed by atoms with Gasteiger partial charge in [0.15, 0.2) is 5.75 Å². The van der Waals surface area contributed by atoms with Gasteiger partial charge in [-0.05, 0) is 51.0 Å². The van der Waals surface area contributed by atoms with Crippen LogP contribution >= 0.6 is 27.5 Å². The number of rotatable bonds is 4. The molecule has 3 aromatic carbocycles. The molecule has 0 heterocycles. The fraction of sp³-hybridized carbons (Fsp3) is 0.0556. The van der Waals surface area contributed by atoms with E-state index in [0.29, 0.717) is 5.56 Å². The van der Waals surface area contributed by atoms with Crippen LogP contribution in [0, 0.1) is 0 Å². The highest BCUT2D eigenvalue weighted by molar-refractivity contribution is 9.10. The lowest BCUT2D eigenvalue weighted by molar-refractivity contribution is -0.0498. The van der Waals surface area contributed by atoms with Gasteiger partial charge in [0.1, 0.15) is 0 Å². The molecule has 7 heteroatoms. The number of carbonyl (C=O) groups excluding carboxylic acids is 1. The molecule has 0 saturated carbocycles. The summed E-state index contributed by atoms with van der Waals surface area (Å²) in [6.45, 7) is -3.03. The van der Waals surface area contributed by atoms with Gasteiger partial charge in [-0.15, -0.1) is 0 Å². The number of ether oxygens (including phenoxy) is 1. The van der Waals surface area contributed by atoms with Crippen molar-refractivity contribution < 1.29 is 18.3 Å². The fourth-order valence-corrected chi connectivity index (χ4v) is 3.29. The van der Waals surface area contributed by atoms with Crippen molar-refractivity contribution in [2.45, 2.75) is 6.61 Å². The predicted molar refractivity (Wildman–Crippen MR) is 97.7 cm³/mol. The second-order valence-electron chi connectivity index (χ2n) is 5.16. The lowest BCUT2D eigenvalue weighted by Crippen LogP contribution is -2.14. The van der Waals surface area contributed by atoms with Gasteiger partial charge in [0, 0.05) is 10.6 Å². The maximum Gasteiger partial charge on any atom is 0.387 e. The van der Waals surface area contributed by atoms with E-state index in [2.05, 4.69) is 26.0 Å². The normalized spacial score (nSPS) is 10.9. The second kappa shape index (κ2) is 7.37. The minimum Gasteiger partial charge on any atom is -0.431 e. The third kappa shape index (κ3) is 4.08. The smallest absolute Gasteiger partial charge is 0.387 e. The number of nitrogens with one attached hydrogen (secondary N) is 1. The molecule has 3 aromatic rings. The Labute approximate surface area is 155 Å². The van der Waals surface area contributed by atoms with Gasteiger partial charge in [0.05, 0.1) is 10.2 Å². The first-order valence-electron chi connectivity index (χ1n) is 7.18. The number of fused-ring (bicyclic) bond motifs is 1. The van der Waals surface area contributed by atoms with E-state index in [4.69, 9.17) is 11.6 Å². The second-order valence-corrected chi connectivity index (χ2v) is 6.45. The molecule has 0 fully saturated rings. The summed E-state index contributed by atoms with van der Waals surface area (Å²) in [5.74, 6) is -0.646. The zero-order valence-corrected chi connectivity index (χ0v) is 14.9. The summed E-state index contributed by atoms with van der Waals surface area (Å²) in [5, 5.41) is 4.72. The van der Waals surface area contributed by atoms with Crippen LogP contribution in [0.2, 0.25) is 5.02 Å². The molecule has 25 heavy (non-hydrogen) atoms. The van der Waals surface area contributed by atoms with Crippen molar-refractivity contribution in [3.63, 3.8) is 0 Å². The minimum atomic E-state index is -3.03. The van der Waals surface area contributed by atoms with E-state index in [1.807, 2.05) is 30.3 Å². The number of anilines is 1. The summed E-state index contributed by atoms with van der Waals surface area (Å²) >= 11 is 9.05. The SMILES string of the molecule is O=C(Nc1cc(Cl)cc(Br)c1OC(F)F)c1ccc2ccccc2c1. The van der Waals surface area contributed by atoms with Crippen molar-refractivity contribution in [1.29, 1.82) is 0 Å². The summed E-state index contributed by atoms with van der Waals surface area (Å²) in [4.78, 5) is 12.5. The van der Waals surface area contributed by atoms with Crippen LogP contribution in [0.5, 0.6) is 5.75 Å². The molecule has 0 spiro atoms. The zero-order chi connectivity index (χ0) is 18.0. The third-order valence-electron chi connectivity index (χ3n) is 3.48. The largest absolute Gasteiger partial charge is 0.431 e. The van der Waals surface area contributed by atoms with Gasteiger partial charge < -0.3 is 10.1 Å². The van der Waals surface area contributed by atoms with E-state index in [-0.39, 0.29) is 20.9 Å². The highest BCUT2D eigenvalue weighted by atomic mass is 79.9. The Morgan fingerprint density at radius 2 is 1.80 bits per heavy atom. The molecule has 128 valence electrons. The first-order valence-corrected chi connectivity index (χ1v) is 8.35. The van der Waals surface area contributed by atoms with Crippen molar-refractivity contribution >= 4 is 49.9 Å². The average Bonchev–Trinajstić information content (AvgIpc) is 2.57. The number of hydrogen-bond donors (Lipinski definition) is 1. The minimum absolute atomic E-state index is 0.0535. The topological polar surface area (TPSA) is 38.3 Å². The maximum absolute atomic E-state index is 12.6. The quantitative estimate of drug-likeness (QED) is 0.547. The summed E-state index contributed by atoms with van der Waals surface area (Å²) in [5.41, 5.74) is 0.440. The highest BCUT2D eigenvalue weighted by Crippen LogP contribution is 2.37. The lowest BCUT2D eigenvalue weighted by Gasteiger charge is -2.14. The van der Waals surface area contributed by atoms with Crippen LogP contribution in [-0.4, -0.2) is 12.5 Å². The number of halogens is 4. The Morgan fingerprint density at radius 3 is 2.52 bits per heavy atom. The monoisotopic (exact) mass is 425 g/mol. The molecule has 0 saturated heterocycles. The predicted octanol–water partition coefficient (Wildman–Crippen LogP) is 6.11. The molecule has 0 aliphatic rings. The van der Waals surface area contributed by atoms with E-state index in [1.54, 1.807) is 12.1 Å². The van der Waals surface area contributed by atoms with Gasteiger partial charge in [-0.2, -0.15) is 8.78 Å². The Kier molecular flexibility index (Phi) is 5.20. The first-order chi connectivity index (χ1) is 11.9. The van der Waals surface area contributed by atoms with Crippen molar-refractivity contribution in [3.05, 3.63) is 69.7 Å². The molecule has 0 unspecified atom stereocenters. The van der Waals surface area contributed by atoms with Gasteiger partial charge in [-0.25, -0.2) is 0 Å². The molecule has 0 bridgehead atoms. The van der Waals surface area contributed by atoms with Gasteiger partial charge in [-0.3, -0.25) is 4.79 Å². The number of hydrogen-bond acceptors (Lipinski definition) is 2. The highest BCUT2D eigenvalue weighted by Gasteiger charge is 2.17. The Bertz CT molecular complexity index is 950. The molecule has 3 rings (SSSR count). The molecule has 0 aliphatic heterocycles. The number of carbonyl (C=O) groups is 1. The van der Waals surface area contributed by atoms with Crippen molar-refractivity contribution in [2.75, 3.05) is 5.32 Å². The molecule has 0 radical (unpaired) electrons. The van der Waals surface area contributed by atoms with Crippen LogP contribution in [0.15, 0.2) is 59.1 Å². The number of alkyl halides is 2. The van der Waals surface area contributed by atoms with Crippen LogP contribution < -0.4 is 10.1 Å². The molecule has 0 aromatic heterocycles. The van der Waals surface area contributed by atoms with Crippen LogP contribution in [-0.2, 0) is 0 Å². The number of amides is 1. The summed E-state index contributed by atoms with van der Waals surface area (Å²) in [7, 11) is 0. The molecule has 1 amide bonds. The van der Waals surface area contributed by atoms with Crippen molar-refractivity contribution in [3.8, 4) is 5.75 Å². The van der Waals surface area contributed by atoms with Crippen LogP contribution in [0.3, 0.4) is 0 Å². The third-order valence-corrected chi connectivity index (χ3v) is 4.28. The number of benzene rings is 3. The molecular formula is C18H11BrClF2NO2. The standard InChI is InChI=1S/C18H11BrClF2NO2/c19-14-8-13(20)9-15(16(14)25-18(21)22)23-17(24)12-6-5-10-3-1-2-4-11(10)7-12/h1-9,18H,(H,23,24). The Morgan fingerprint density at radius 1 is 1.08 bits per heavy atom. The molecule has 0 atom stereocenters. The maximum atomic E-state index is 12.6. The average molecular weight is 427 g/mol. The summed E-state index contributed by atoms with van der Waals surface area (Å²) in [6.07, 6.45) is 0. The van der Waals surface area contributed by atoms with Gasteiger partial charge >= 0.3 is 6.61 Å². The van der Waals surface area contributed by atoms with Gasteiger partial charge in [0.2, 0.25) is 0 Å². The fourth-order valence-electron chi connectivity index (χ4n) is 2.39. The Balaban J connectivity index is 1.93. The van der Waals surface area contributed by atoms with Crippen LogP contribution in [0.1, 0.15) is 10.4 Å². The van der Waals surface area contributed by atoms with Crippen LogP contribution in [0.4, 0.5) is 14.5 Å². The van der Waals surface area contributed by atoms with E-state index in [1.165, 1.54) is 12.1 Å². The van der Waals surface area contributed by atoms with Crippen LogP contribution in [0.25, 0.3) is 10.8 Å².